The molecule has 0 aliphatic heterocycles. The van der Waals surface area contributed by atoms with Crippen LogP contribution in [0, 0.1) is 24.1 Å². The molecule has 0 saturated heterocycles. The number of rotatable bonds is 9. The van der Waals surface area contributed by atoms with Gasteiger partial charge < -0.3 is 18.8 Å². The quantitative estimate of drug-likeness (QED) is 0.192. The normalized spacial score (nSPS) is 11.0. The molecule has 2 aromatic heterocycles. The Balaban J connectivity index is 1.25. The van der Waals surface area contributed by atoms with Crippen LogP contribution in [-0.4, -0.2) is 20.6 Å². The Morgan fingerprint density at radius 1 is 1.05 bits per heavy atom. The highest BCUT2D eigenvalue weighted by Gasteiger charge is 2.16. The van der Waals surface area contributed by atoms with Crippen molar-refractivity contribution in [3.63, 3.8) is 0 Å². The lowest BCUT2D eigenvalue weighted by atomic mass is 9.97. The number of hydrogen-bond acceptors (Lipinski definition) is 5. The first-order valence-electron chi connectivity index (χ1n) is 13.6. The summed E-state index contributed by atoms with van der Waals surface area (Å²) < 4.78 is 27.8. The Morgan fingerprint density at radius 2 is 1.93 bits per heavy atom. The third kappa shape index (κ3) is 5.88. The van der Waals surface area contributed by atoms with Crippen LogP contribution in [0.4, 0.5) is 4.39 Å². The largest absolute Gasteiger partial charge is 0.489 e. The summed E-state index contributed by atoms with van der Waals surface area (Å²) in [4.78, 5) is 16.5. The summed E-state index contributed by atoms with van der Waals surface area (Å²) in [5, 5.41) is 18.5. The number of carbonyl (C=O) groups is 1. The minimum atomic E-state index is -0.990. The number of nitriles is 1. The van der Waals surface area contributed by atoms with Crippen molar-refractivity contribution in [1.82, 2.24) is 9.55 Å². The lowest BCUT2D eigenvalue weighted by molar-refractivity contribution is 0.0697. The van der Waals surface area contributed by atoms with Gasteiger partial charge in [-0.1, -0.05) is 36.4 Å². The smallest absolute Gasteiger partial charge is 0.335 e. The van der Waals surface area contributed by atoms with Crippen LogP contribution in [0.5, 0.6) is 5.75 Å². The van der Waals surface area contributed by atoms with E-state index in [2.05, 4.69) is 18.2 Å². The summed E-state index contributed by atoms with van der Waals surface area (Å²) in [6, 6.07) is 28.8. The number of carboxylic acids is 1. The fourth-order valence-electron chi connectivity index (χ4n) is 5.17. The summed E-state index contributed by atoms with van der Waals surface area (Å²) in [6.07, 6.45) is 2.16. The van der Waals surface area contributed by atoms with E-state index in [1.807, 2.05) is 54.0 Å². The predicted molar refractivity (Wildman–Crippen MR) is 159 cm³/mol. The fraction of sp³-hybridized carbons (Fsp3) is 0.114. The van der Waals surface area contributed by atoms with Crippen LogP contribution >= 0.6 is 0 Å². The first kappa shape index (κ1) is 27.5. The first-order chi connectivity index (χ1) is 20.9. The molecule has 0 aliphatic carbocycles. The maximum Gasteiger partial charge on any atom is 0.335 e. The Labute approximate surface area is 247 Å². The van der Waals surface area contributed by atoms with Gasteiger partial charge in [0.15, 0.2) is 0 Å². The van der Waals surface area contributed by atoms with Gasteiger partial charge in [0.25, 0.3) is 0 Å². The number of nitrogens with zero attached hydrogens (tertiary/aromatic N) is 3. The van der Waals surface area contributed by atoms with Crippen LogP contribution in [-0.2, 0) is 19.6 Å². The maximum atomic E-state index is 14.3. The topological polar surface area (TPSA) is 101 Å². The molecule has 4 aromatic carbocycles. The molecule has 0 aliphatic rings. The number of fused-ring (bicyclic) bond motifs is 1. The summed E-state index contributed by atoms with van der Waals surface area (Å²) >= 11 is 0. The van der Waals surface area contributed by atoms with E-state index >= 15 is 0 Å². The predicted octanol–water partition coefficient (Wildman–Crippen LogP) is 7.53. The van der Waals surface area contributed by atoms with Crippen molar-refractivity contribution in [2.45, 2.75) is 26.5 Å². The number of furan rings is 1. The third-order valence-corrected chi connectivity index (χ3v) is 7.34. The van der Waals surface area contributed by atoms with Crippen LogP contribution in [0.1, 0.15) is 44.2 Å². The molecule has 0 atom stereocenters. The van der Waals surface area contributed by atoms with E-state index in [1.54, 1.807) is 36.6 Å². The molecule has 0 saturated carbocycles. The SMILES string of the molecule is Cc1cc(Cc2nc3ccc(C(=O)O)cc3n2Cc2ccco2)ccc1-c1cccc(OCc2ccc(C#N)cc2F)c1. The van der Waals surface area contributed by atoms with Gasteiger partial charge in [-0.2, -0.15) is 5.26 Å². The van der Waals surface area contributed by atoms with E-state index in [4.69, 9.17) is 19.4 Å². The summed E-state index contributed by atoms with van der Waals surface area (Å²) in [5.74, 6) is 0.693. The number of benzene rings is 4. The maximum absolute atomic E-state index is 14.3. The van der Waals surface area contributed by atoms with Crippen LogP contribution < -0.4 is 4.74 Å². The Morgan fingerprint density at radius 3 is 2.67 bits per heavy atom. The average molecular weight is 572 g/mol. The van der Waals surface area contributed by atoms with Crippen LogP contribution in [0.15, 0.2) is 102 Å². The summed E-state index contributed by atoms with van der Waals surface area (Å²) in [5.41, 5.74) is 6.42. The standard InChI is InChI=1S/C35H26FN3O4/c1-22-14-23(16-34-38-32-12-10-26(35(40)41)18-33(32)39(34)20-29-6-3-13-42-29)8-11-30(22)25-4-2-5-28(17-25)43-21-27-9-7-24(19-37)15-31(27)36/h2-15,17-18H,16,20-21H2,1H3,(H,40,41). The van der Waals surface area contributed by atoms with Crippen molar-refractivity contribution in [3.8, 4) is 22.9 Å². The molecule has 6 aromatic rings. The molecule has 7 nitrogen and oxygen atoms in total. The van der Waals surface area contributed by atoms with Gasteiger partial charge in [-0.3, -0.25) is 0 Å². The first-order valence-corrected chi connectivity index (χ1v) is 13.6. The van der Waals surface area contributed by atoms with Crippen LogP contribution in [0.25, 0.3) is 22.2 Å². The number of aryl methyl sites for hydroxylation is 1. The van der Waals surface area contributed by atoms with Gasteiger partial charge in [0.2, 0.25) is 0 Å². The molecular weight excluding hydrogens is 545 g/mol. The number of hydrogen-bond donors (Lipinski definition) is 1. The van der Waals surface area contributed by atoms with Gasteiger partial charge in [0.1, 0.15) is 29.8 Å². The number of imidazole rings is 1. The lowest BCUT2D eigenvalue weighted by Crippen LogP contribution is -2.06. The Kier molecular flexibility index (Phi) is 7.46. The Bertz CT molecular complexity index is 2000. The second-order valence-corrected chi connectivity index (χ2v) is 10.3. The molecule has 0 radical (unpaired) electrons. The van der Waals surface area contributed by atoms with Gasteiger partial charge in [-0.25, -0.2) is 14.2 Å². The van der Waals surface area contributed by atoms with Crippen molar-refractivity contribution in [3.05, 3.63) is 142 Å². The molecule has 8 heteroatoms. The number of halogens is 1. The highest BCUT2D eigenvalue weighted by atomic mass is 19.1. The molecule has 0 amide bonds. The summed E-state index contributed by atoms with van der Waals surface area (Å²) in [6.45, 7) is 2.52. The van der Waals surface area contributed by atoms with Crippen molar-refractivity contribution in [2.24, 2.45) is 0 Å². The molecule has 212 valence electrons. The van der Waals surface area contributed by atoms with Crippen LogP contribution in [0.3, 0.4) is 0 Å². The molecule has 0 fully saturated rings. The molecule has 0 unspecified atom stereocenters. The van der Waals surface area contributed by atoms with Gasteiger partial charge in [-0.15, -0.1) is 0 Å². The van der Waals surface area contributed by atoms with Crippen molar-refractivity contribution in [1.29, 1.82) is 5.26 Å². The average Bonchev–Trinajstić information content (AvgIpc) is 3.64. The second kappa shape index (κ2) is 11.7. The van der Waals surface area contributed by atoms with Gasteiger partial charge in [-0.05, 0) is 83.8 Å². The van der Waals surface area contributed by atoms with E-state index in [0.29, 0.717) is 24.3 Å². The van der Waals surface area contributed by atoms with Crippen molar-refractivity contribution in [2.75, 3.05) is 0 Å². The zero-order chi connectivity index (χ0) is 29.9. The molecule has 2 heterocycles. The number of carboxylic acid groups (broad SMARTS) is 1. The van der Waals surface area contributed by atoms with Gasteiger partial charge in [0.05, 0.1) is 41.0 Å². The second-order valence-electron chi connectivity index (χ2n) is 10.3. The van der Waals surface area contributed by atoms with E-state index < -0.39 is 11.8 Å². The van der Waals surface area contributed by atoms with Gasteiger partial charge >= 0.3 is 5.97 Å². The Hall–Kier alpha value is -5.68. The highest BCUT2D eigenvalue weighted by molar-refractivity contribution is 5.92. The fourth-order valence-corrected chi connectivity index (χ4v) is 5.17. The minimum Gasteiger partial charge on any atom is -0.489 e. The highest BCUT2D eigenvalue weighted by Crippen LogP contribution is 2.29. The minimum absolute atomic E-state index is 0.0475. The molecule has 43 heavy (non-hydrogen) atoms. The number of aromatic nitrogens is 2. The van der Waals surface area contributed by atoms with Gasteiger partial charge in [0, 0.05) is 12.0 Å². The molecular formula is C35H26FN3O4. The monoisotopic (exact) mass is 571 g/mol. The molecule has 0 bridgehead atoms. The zero-order valence-electron chi connectivity index (χ0n) is 23.3. The van der Waals surface area contributed by atoms with Crippen LogP contribution in [0.2, 0.25) is 0 Å². The summed E-state index contributed by atoms with van der Waals surface area (Å²) in [7, 11) is 0. The van der Waals surface area contributed by atoms with E-state index in [0.717, 1.165) is 44.9 Å². The lowest BCUT2D eigenvalue weighted by Gasteiger charge is -2.12. The van der Waals surface area contributed by atoms with E-state index in [1.165, 1.54) is 6.07 Å². The molecule has 6 rings (SSSR count). The number of aromatic carboxylic acids is 1. The zero-order valence-corrected chi connectivity index (χ0v) is 23.3. The van der Waals surface area contributed by atoms with E-state index in [9.17, 15) is 14.3 Å². The third-order valence-electron chi connectivity index (χ3n) is 7.34. The molecule has 1 N–H and O–H groups in total. The number of ether oxygens (including phenoxy) is 1. The van der Waals surface area contributed by atoms with Crippen molar-refractivity contribution < 1.29 is 23.4 Å². The molecule has 0 spiro atoms. The van der Waals surface area contributed by atoms with Crippen molar-refractivity contribution >= 4 is 17.0 Å². The van der Waals surface area contributed by atoms with E-state index in [-0.39, 0.29) is 17.7 Å².